The van der Waals surface area contributed by atoms with Gasteiger partial charge in [0.2, 0.25) is 0 Å². The molecule has 0 amide bonds. The van der Waals surface area contributed by atoms with Gasteiger partial charge >= 0.3 is 0 Å². The topological polar surface area (TPSA) is 55.9 Å². The molecular formula is C15H15BrN4S. The Labute approximate surface area is 135 Å². The number of aryl methyl sites for hydroxylation is 1. The molecule has 0 fully saturated rings. The Morgan fingerprint density at radius 2 is 2.05 bits per heavy atom. The number of hydrogen-bond donors (Lipinski definition) is 2. The lowest BCUT2D eigenvalue weighted by Crippen LogP contribution is -2.30. The molecule has 0 aliphatic rings. The van der Waals surface area contributed by atoms with Crippen LogP contribution in [0.1, 0.15) is 22.2 Å². The number of aromatic nitrogens is 2. The van der Waals surface area contributed by atoms with E-state index in [1.54, 1.807) is 17.5 Å². The minimum atomic E-state index is -0.0947. The number of nitrogens with one attached hydrogen (secondary N) is 1. The van der Waals surface area contributed by atoms with Gasteiger partial charge in [0, 0.05) is 11.1 Å². The third-order valence-electron chi connectivity index (χ3n) is 3.30. The molecule has 3 N–H and O–H groups in total. The van der Waals surface area contributed by atoms with Crippen LogP contribution in [0.5, 0.6) is 0 Å². The normalized spacial score (nSPS) is 12.5. The molecule has 108 valence electrons. The Morgan fingerprint density at radius 3 is 2.67 bits per heavy atom. The van der Waals surface area contributed by atoms with Gasteiger partial charge in [0.25, 0.3) is 0 Å². The highest BCUT2D eigenvalue weighted by Crippen LogP contribution is 2.34. The van der Waals surface area contributed by atoms with Gasteiger partial charge in [-0.25, -0.2) is 10.1 Å². The average molecular weight is 363 g/mol. The largest absolute Gasteiger partial charge is 0.270 e. The van der Waals surface area contributed by atoms with Crippen molar-refractivity contribution in [2.75, 3.05) is 0 Å². The fraction of sp³-hybridized carbons (Fsp3) is 0.133. The molecule has 0 aliphatic carbocycles. The summed E-state index contributed by atoms with van der Waals surface area (Å²) in [5.74, 6) is 5.80. The second-order valence-electron chi connectivity index (χ2n) is 4.71. The van der Waals surface area contributed by atoms with E-state index >= 15 is 0 Å². The van der Waals surface area contributed by atoms with Crippen molar-refractivity contribution in [3.8, 4) is 5.69 Å². The molecule has 3 rings (SSSR count). The van der Waals surface area contributed by atoms with Crippen LogP contribution in [0.25, 0.3) is 5.69 Å². The van der Waals surface area contributed by atoms with Crippen molar-refractivity contribution in [3.63, 3.8) is 0 Å². The fourth-order valence-corrected chi connectivity index (χ4v) is 3.90. The van der Waals surface area contributed by atoms with E-state index in [-0.39, 0.29) is 6.04 Å². The molecule has 0 aliphatic heterocycles. The molecule has 0 spiro atoms. The van der Waals surface area contributed by atoms with Gasteiger partial charge in [0.05, 0.1) is 21.2 Å². The molecule has 3 aromatic rings. The molecule has 2 aromatic heterocycles. The van der Waals surface area contributed by atoms with Gasteiger partial charge in [-0.05, 0) is 52.7 Å². The maximum Gasteiger partial charge on any atom is 0.0975 e. The summed E-state index contributed by atoms with van der Waals surface area (Å²) in [5.41, 5.74) is 6.14. The maximum atomic E-state index is 5.80. The third kappa shape index (κ3) is 2.80. The van der Waals surface area contributed by atoms with Gasteiger partial charge in [0.15, 0.2) is 0 Å². The summed E-state index contributed by atoms with van der Waals surface area (Å²) < 4.78 is 3.04. The number of thiophene rings is 1. The lowest BCUT2D eigenvalue weighted by atomic mass is 10.1. The minimum absolute atomic E-state index is 0.0947. The number of halogens is 1. The van der Waals surface area contributed by atoms with Gasteiger partial charge in [-0.3, -0.25) is 5.84 Å². The lowest BCUT2D eigenvalue weighted by molar-refractivity contribution is 0.605. The highest BCUT2D eigenvalue weighted by Gasteiger charge is 2.20. The van der Waals surface area contributed by atoms with Crippen molar-refractivity contribution >= 4 is 27.3 Å². The third-order valence-corrected chi connectivity index (χ3v) is 5.50. The van der Waals surface area contributed by atoms with Gasteiger partial charge in [-0.2, -0.15) is 5.10 Å². The van der Waals surface area contributed by atoms with Crippen molar-refractivity contribution in [1.29, 1.82) is 0 Å². The number of benzene rings is 1. The standard InChI is InChI=1S/C15H15BrN4S/c1-10-9-13(21-15(10)16)14(19-17)12-7-8-18-20(12)11-5-3-2-4-6-11/h2-9,14,19H,17H2,1H3. The molecule has 6 heteroatoms. The van der Waals surface area contributed by atoms with Crippen molar-refractivity contribution in [1.82, 2.24) is 15.2 Å². The summed E-state index contributed by atoms with van der Waals surface area (Å²) in [6, 6.07) is 14.1. The molecule has 1 atom stereocenters. The van der Waals surface area contributed by atoms with Crippen molar-refractivity contribution < 1.29 is 0 Å². The molecule has 0 saturated heterocycles. The molecule has 4 nitrogen and oxygen atoms in total. The monoisotopic (exact) mass is 362 g/mol. The van der Waals surface area contributed by atoms with Crippen molar-refractivity contribution in [2.24, 2.45) is 5.84 Å². The zero-order valence-electron chi connectivity index (χ0n) is 11.5. The van der Waals surface area contributed by atoms with Crippen LogP contribution in [-0.2, 0) is 0 Å². The van der Waals surface area contributed by atoms with Crippen LogP contribution in [-0.4, -0.2) is 9.78 Å². The van der Waals surface area contributed by atoms with E-state index in [0.717, 1.165) is 20.0 Å². The van der Waals surface area contributed by atoms with Gasteiger partial charge in [-0.1, -0.05) is 18.2 Å². The molecule has 0 radical (unpaired) electrons. The van der Waals surface area contributed by atoms with Crippen LogP contribution in [0.4, 0.5) is 0 Å². The van der Waals surface area contributed by atoms with Gasteiger partial charge < -0.3 is 0 Å². The predicted octanol–water partition coefficient (Wildman–Crippen LogP) is 3.56. The molecule has 0 bridgehead atoms. The first kappa shape index (κ1) is 14.5. The number of nitrogens with two attached hydrogens (primary N) is 1. The van der Waals surface area contributed by atoms with E-state index in [2.05, 4.69) is 39.4 Å². The Balaban J connectivity index is 2.05. The molecule has 0 saturated carbocycles. The SMILES string of the molecule is Cc1cc(C(NN)c2ccnn2-c2ccccc2)sc1Br. The Bertz CT molecular complexity index is 716. The summed E-state index contributed by atoms with van der Waals surface area (Å²) in [6.45, 7) is 2.08. The fourth-order valence-electron chi connectivity index (χ4n) is 2.26. The quantitative estimate of drug-likeness (QED) is 0.551. The Morgan fingerprint density at radius 1 is 1.29 bits per heavy atom. The van der Waals surface area contributed by atoms with Gasteiger partial charge in [-0.15, -0.1) is 11.3 Å². The van der Waals surface area contributed by atoms with Crippen molar-refractivity contribution in [2.45, 2.75) is 13.0 Å². The highest BCUT2D eigenvalue weighted by atomic mass is 79.9. The van der Waals surface area contributed by atoms with Crippen LogP contribution < -0.4 is 11.3 Å². The number of para-hydroxylation sites is 1. The van der Waals surface area contributed by atoms with Crippen LogP contribution in [0.3, 0.4) is 0 Å². The summed E-state index contributed by atoms with van der Waals surface area (Å²) in [6.07, 6.45) is 1.79. The molecule has 21 heavy (non-hydrogen) atoms. The number of hydrogen-bond acceptors (Lipinski definition) is 4. The van der Waals surface area contributed by atoms with E-state index in [0.29, 0.717) is 0 Å². The number of nitrogens with zero attached hydrogens (tertiary/aromatic N) is 2. The zero-order chi connectivity index (χ0) is 14.8. The van der Waals surface area contributed by atoms with Crippen molar-refractivity contribution in [3.05, 3.63) is 68.6 Å². The molecule has 1 aromatic carbocycles. The summed E-state index contributed by atoms with van der Waals surface area (Å²) in [5, 5.41) is 4.42. The van der Waals surface area contributed by atoms with E-state index in [9.17, 15) is 0 Å². The zero-order valence-corrected chi connectivity index (χ0v) is 13.9. The molecular weight excluding hydrogens is 348 g/mol. The van der Waals surface area contributed by atoms with E-state index in [4.69, 9.17) is 5.84 Å². The smallest absolute Gasteiger partial charge is 0.0975 e. The summed E-state index contributed by atoms with van der Waals surface area (Å²) in [7, 11) is 0. The number of rotatable bonds is 4. The van der Waals surface area contributed by atoms with Gasteiger partial charge in [0.1, 0.15) is 0 Å². The van der Waals surface area contributed by atoms with Crippen LogP contribution in [0.15, 0.2) is 52.4 Å². The van der Waals surface area contributed by atoms with Crippen LogP contribution in [0.2, 0.25) is 0 Å². The minimum Gasteiger partial charge on any atom is -0.270 e. The maximum absolute atomic E-state index is 5.80. The van der Waals surface area contributed by atoms with Crippen LogP contribution in [0, 0.1) is 6.92 Å². The Hall–Kier alpha value is -1.47. The first-order valence-corrected chi connectivity index (χ1v) is 8.13. The van der Waals surface area contributed by atoms with Crippen LogP contribution >= 0.6 is 27.3 Å². The molecule has 1 unspecified atom stereocenters. The van der Waals surface area contributed by atoms with E-state index < -0.39 is 0 Å². The average Bonchev–Trinajstić information content (AvgIpc) is 3.09. The summed E-state index contributed by atoms with van der Waals surface area (Å²) in [4.78, 5) is 1.15. The van der Waals surface area contributed by atoms with E-state index in [1.807, 2.05) is 41.1 Å². The second-order valence-corrected chi connectivity index (χ2v) is 7.11. The first-order valence-electron chi connectivity index (χ1n) is 6.52. The number of hydrazine groups is 1. The first-order chi connectivity index (χ1) is 10.2. The van der Waals surface area contributed by atoms with E-state index in [1.165, 1.54) is 5.56 Å². The lowest BCUT2D eigenvalue weighted by Gasteiger charge is -2.16. The predicted molar refractivity (Wildman–Crippen MR) is 89.5 cm³/mol. The summed E-state index contributed by atoms with van der Waals surface area (Å²) >= 11 is 5.25. The second kappa shape index (κ2) is 6.11. The highest BCUT2D eigenvalue weighted by molar-refractivity contribution is 9.11. The Kier molecular flexibility index (Phi) is 4.21. The molecule has 2 heterocycles.